The van der Waals surface area contributed by atoms with Crippen LogP contribution in [0.2, 0.25) is 0 Å². The van der Waals surface area contributed by atoms with E-state index in [0.717, 1.165) is 25.6 Å². The zero-order chi connectivity index (χ0) is 11.3. The molecule has 0 spiro atoms. The van der Waals surface area contributed by atoms with Crippen molar-refractivity contribution >= 4 is 5.96 Å². The lowest BCUT2D eigenvalue weighted by Crippen LogP contribution is -2.39. The standard InChI is InChI=1S/C12H25N3/c1-4-12(8-7-9-12)10-14-11(13)15(5-2)6-3/h4-10H2,1-3H3,(H2,13,14). The van der Waals surface area contributed by atoms with Crippen LogP contribution in [0.5, 0.6) is 0 Å². The molecule has 2 N–H and O–H groups in total. The SMILES string of the molecule is CCN(CC)C(N)=NCC1(CC)CCC1. The van der Waals surface area contributed by atoms with Crippen LogP contribution in [0, 0.1) is 5.41 Å². The highest BCUT2D eigenvalue weighted by atomic mass is 15.2. The second kappa shape index (κ2) is 5.38. The second-order valence-corrected chi connectivity index (χ2v) is 4.55. The van der Waals surface area contributed by atoms with Crippen LogP contribution in [0.1, 0.15) is 46.5 Å². The quantitative estimate of drug-likeness (QED) is 0.559. The molecule has 0 aromatic heterocycles. The van der Waals surface area contributed by atoms with Gasteiger partial charge in [-0.05, 0) is 38.5 Å². The summed E-state index contributed by atoms with van der Waals surface area (Å²) in [6.45, 7) is 9.32. The maximum absolute atomic E-state index is 5.96. The third-order valence-corrected chi connectivity index (χ3v) is 3.83. The molecular weight excluding hydrogens is 186 g/mol. The molecule has 0 amide bonds. The summed E-state index contributed by atoms with van der Waals surface area (Å²) in [6.07, 6.45) is 5.27. The van der Waals surface area contributed by atoms with Crippen molar-refractivity contribution in [1.82, 2.24) is 4.90 Å². The van der Waals surface area contributed by atoms with Crippen molar-refractivity contribution in [3.63, 3.8) is 0 Å². The molecule has 0 saturated heterocycles. The highest BCUT2D eigenvalue weighted by Gasteiger charge is 2.34. The molecule has 15 heavy (non-hydrogen) atoms. The Balaban J connectivity index is 2.48. The van der Waals surface area contributed by atoms with Crippen LogP contribution in [-0.4, -0.2) is 30.5 Å². The Kier molecular flexibility index (Phi) is 4.43. The van der Waals surface area contributed by atoms with E-state index in [0.29, 0.717) is 5.41 Å². The molecule has 0 aromatic rings. The van der Waals surface area contributed by atoms with Gasteiger partial charge in [0.25, 0.3) is 0 Å². The first-order valence-corrected chi connectivity index (χ1v) is 6.22. The molecule has 0 aromatic carbocycles. The maximum atomic E-state index is 5.96. The Labute approximate surface area is 93.7 Å². The van der Waals surface area contributed by atoms with Gasteiger partial charge in [0.2, 0.25) is 0 Å². The predicted molar refractivity (Wildman–Crippen MR) is 66.0 cm³/mol. The first-order valence-electron chi connectivity index (χ1n) is 6.22. The lowest BCUT2D eigenvalue weighted by molar-refractivity contribution is 0.139. The minimum atomic E-state index is 0.484. The Hall–Kier alpha value is -0.730. The zero-order valence-corrected chi connectivity index (χ0v) is 10.4. The molecule has 88 valence electrons. The summed E-state index contributed by atoms with van der Waals surface area (Å²) >= 11 is 0. The zero-order valence-electron chi connectivity index (χ0n) is 10.4. The van der Waals surface area contributed by atoms with Gasteiger partial charge in [-0.15, -0.1) is 0 Å². The van der Waals surface area contributed by atoms with E-state index in [4.69, 9.17) is 5.73 Å². The molecule has 0 unspecified atom stereocenters. The van der Waals surface area contributed by atoms with Crippen LogP contribution in [-0.2, 0) is 0 Å². The number of rotatable bonds is 5. The van der Waals surface area contributed by atoms with Crippen molar-refractivity contribution in [2.45, 2.75) is 46.5 Å². The second-order valence-electron chi connectivity index (χ2n) is 4.55. The number of guanidine groups is 1. The van der Waals surface area contributed by atoms with Gasteiger partial charge in [-0.2, -0.15) is 0 Å². The van der Waals surface area contributed by atoms with E-state index < -0.39 is 0 Å². The molecule has 1 saturated carbocycles. The monoisotopic (exact) mass is 211 g/mol. The van der Waals surface area contributed by atoms with Gasteiger partial charge in [-0.25, -0.2) is 0 Å². The molecule has 1 fully saturated rings. The lowest BCUT2D eigenvalue weighted by Gasteiger charge is -2.40. The van der Waals surface area contributed by atoms with Crippen LogP contribution in [0.15, 0.2) is 4.99 Å². The normalized spacial score (nSPS) is 19.8. The summed E-state index contributed by atoms with van der Waals surface area (Å²) < 4.78 is 0. The minimum Gasteiger partial charge on any atom is -0.370 e. The lowest BCUT2D eigenvalue weighted by atomic mass is 9.67. The van der Waals surface area contributed by atoms with Crippen LogP contribution in [0.4, 0.5) is 0 Å². The molecule has 0 atom stereocenters. The fourth-order valence-corrected chi connectivity index (χ4v) is 2.20. The Morgan fingerprint density at radius 1 is 1.27 bits per heavy atom. The molecule has 1 rings (SSSR count). The number of hydrogen-bond donors (Lipinski definition) is 1. The largest absolute Gasteiger partial charge is 0.370 e. The fourth-order valence-electron chi connectivity index (χ4n) is 2.20. The van der Waals surface area contributed by atoms with E-state index in [1.165, 1.54) is 25.7 Å². The predicted octanol–water partition coefficient (Wildman–Crippen LogP) is 2.22. The molecular formula is C12H25N3. The van der Waals surface area contributed by atoms with Gasteiger partial charge in [0, 0.05) is 19.6 Å². The number of aliphatic imine (C=N–C) groups is 1. The molecule has 0 radical (unpaired) electrons. The summed E-state index contributed by atoms with van der Waals surface area (Å²) in [5.74, 6) is 0.722. The Bertz CT molecular complexity index is 209. The molecule has 1 aliphatic rings. The van der Waals surface area contributed by atoms with Gasteiger partial charge >= 0.3 is 0 Å². The third kappa shape index (κ3) is 2.86. The van der Waals surface area contributed by atoms with Crippen molar-refractivity contribution in [2.24, 2.45) is 16.1 Å². The van der Waals surface area contributed by atoms with Crippen molar-refractivity contribution in [1.29, 1.82) is 0 Å². The van der Waals surface area contributed by atoms with E-state index in [9.17, 15) is 0 Å². The van der Waals surface area contributed by atoms with Gasteiger partial charge in [0.15, 0.2) is 5.96 Å². The summed E-state index contributed by atoms with van der Waals surface area (Å²) in [7, 11) is 0. The summed E-state index contributed by atoms with van der Waals surface area (Å²) in [4.78, 5) is 6.66. The molecule has 1 aliphatic carbocycles. The van der Waals surface area contributed by atoms with Crippen molar-refractivity contribution in [3.8, 4) is 0 Å². The van der Waals surface area contributed by atoms with Gasteiger partial charge < -0.3 is 10.6 Å². The van der Waals surface area contributed by atoms with Crippen molar-refractivity contribution in [3.05, 3.63) is 0 Å². The summed E-state index contributed by atoms with van der Waals surface area (Å²) in [5.41, 5.74) is 6.44. The van der Waals surface area contributed by atoms with Crippen LogP contribution >= 0.6 is 0 Å². The highest BCUT2D eigenvalue weighted by Crippen LogP contribution is 2.43. The van der Waals surface area contributed by atoms with E-state index in [1.54, 1.807) is 0 Å². The maximum Gasteiger partial charge on any atom is 0.191 e. The number of hydrogen-bond acceptors (Lipinski definition) is 1. The van der Waals surface area contributed by atoms with E-state index in [1.807, 2.05) is 0 Å². The van der Waals surface area contributed by atoms with Crippen LogP contribution in [0.3, 0.4) is 0 Å². The van der Waals surface area contributed by atoms with E-state index >= 15 is 0 Å². The smallest absolute Gasteiger partial charge is 0.191 e. The van der Waals surface area contributed by atoms with Gasteiger partial charge in [-0.1, -0.05) is 13.3 Å². The summed E-state index contributed by atoms with van der Waals surface area (Å²) in [5, 5.41) is 0. The third-order valence-electron chi connectivity index (χ3n) is 3.83. The van der Waals surface area contributed by atoms with Crippen molar-refractivity contribution < 1.29 is 0 Å². The van der Waals surface area contributed by atoms with Gasteiger partial charge in [-0.3, -0.25) is 4.99 Å². The summed E-state index contributed by atoms with van der Waals surface area (Å²) in [6, 6.07) is 0. The highest BCUT2D eigenvalue weighted by molar-refractivity contribution is 5.78. The minimum absolute atomic E-state index is 0.484. The van der Waals surface area contributed by atoms with E-state index in [-0.39, 0.29) is 0 Å². The van der Waals surface area contributed by atoms with Gasteiger partial charge in [0.05, 0.1) is 0 Å². The van der Waals surface area contributed by atoms with Crippen LogP contribution in [0.25, 0.3) is 0 Å². The number of nitrogens with zero attached hydrogens (tertiary/aromatic N) is 2. The molecule has 3 nitrogen and oxygen atoms in total. The fraction of sp³-hybridized carbons (Fsp3) is 0.917. The molecule has 0 aliphatic heterocycles. The number of nitrogens with two attached hydrogens (primary N) is 1. The first kappa shape index (κ1) is 12.3. The Morgan fingerprint density at radius 2 is 1.87 bits per heavy atom. The molecule has 0 bridgehead atoms. The van der Waals surface area contributed by atoms with Crippen LogP contribution < -0.4 is 5.73 Å². The van der Waals surface area contributed by atoms with Gasteiger partial charge in [0.1, 0.15) is 0 Å². The first-order chi connectivity index (χ1) is 7.17. The van der Waals surface area contributed by atoms with E-state index in [2.05, 4.69) is 30.7 Å². The molecule has 3 heteroatoms. The Morgan fingerprint density at radius 3 is 2.20 bits per heavy atom. The van der Waals surface area contributed by atoms with Crippen molar-refractivity contribution in [2.75, 3.05) is 19.6 Å². The average Bonchev–Trinajstić information content (AvgIpc) is 2.19. The molecule has 0 heterocycles. The topological polar surface area (TPSA) is 41.6 Å². The average molecular weight is 211 g/mol.